The van der Waals surface area contributed by atoms with Gasteiger partial charge in [0.2, 0.25) is 0 Å². The zero-order chi connectivity index (χ0) is 34.3. The quantitative estimate of drug-likeness (QED) is 0.165. The lowest BCUT2D eigenvalue weighted by atomic mass is 9.89. The molecule has 16 nitrogen and oxygen atoms in total. The standard InChI is InChI=1S/C31H34O16/c1-11-26(43-12(2)33)30(44-13(3)34)25(41)31(42-11)47-29-24(40)23(39)20(10-32)46-28(29)22-17(37)8-16(36)21-18(38)9-19(45-27(21)22)14-4-6-15(35)7-5-14/h4-9,11,20,23-26,28-32,35-37,39-41H,10H2,1-3H3. The number of aliphatic hydroxyl groups excluding tert-OH is 4. The Morgan fingerprint density at radius 1 is 0.830 bits per heavy atom. The van der Waals surface area contributed by atoms with Crippen LogP contribution >= 0.6 is 0 Å². The normalized spacial score (nSPS) is 31.0. The first-order valence-electron chi connectivity index (χ1n) is 14.5. The molecule has 2 fully saturated rings. The summed E-state index contributed by atoms with van der Waals surface area (Å²) in [4.78, 5) is 36.9. The van der Waals surface area contributed by atoms with Crippen molar-refractivity contribution in [2.75, 3.05) is 6.61 Å². The second-order valence-corrected chi connectivity index (χ2v) is 11.3. The molecule has 16 heteroatoms. The summed E-state index contributed by atoms with van der Waals surface area (Å²) in [5.74, 6) is -3.08. The van der Waals surface area contributed by atoms with E-state index in [1.807, 2.05) is 0 Å². The molecule has 0 amide bonds. The molecule has 1 aromatic heterocycles. The number of fused-ring (bicyclic) bond motifs is 1. The highest BCUT2D eigenvalue weighted by Gasteiger charge is 2.53. The molecule has 0 saturated carbocycles. The van der Waals surface area contributed by atoms with E-state index in [9.17, 15) is 50.1 Å². The molecule has 3 heterocycles. The van der Waals surface area contributed by atoms with E-state index in [1.165, 1.54) is 31.2 Å². The first-order chi connectivity index (χ1) is 22.2. The zero-order valence-corrected chi connectivity index (χ0v) is 25.2. The molecule has 0 spiro atoms. The van der Waals surface area contributed by atoms with Gasteiger partial charge in [0.25, 0.3) is 0 Å². The van der Waals surface area contributed by atoms with Crippen LogP contribution in [0.4, 0.5) is 0 Å². The van der Waals surface area contributed by atoms with Gasteiger partial charge in [-0.05, 0) is 31.2 Å². The van der Waals surface area contributed by atoms with Crippen molar-refractivity contribution in [2.24, 2.45) is 0 Å². The van der Waals surface area contributed by atoms with Crippen molar-refractivity contribution in [1.82, 2.24) is 0 Å². The van der Waals surface area contributed by atoms with E-state index in [0.29, 0.717) is 5.56 Å². The van der Waals surface area contributed by atoms with Crippen LogP contribution in [0, 0.1) is 0 Å². The number of carbonyl (C=O) groups is 2. The number of ether oxygens (including phenoxy) is 5. The van der Waals surface area contributed by atoms with E-state index in [2.05, 4.69) is 0 Å². The number of rotatable bonds is 7. The number of esters is 2. The Hall–Kier alpha value is -4.29. The van der Waals surface area contributed by atoms with Crippen molar-refractivity contribution in [3.05, 3.63) is 52.2 Å². The lowest BCUT2D eigenvalue weighted by Gasteiger charge is -2.47. The number of benzene rings is 2. The fraction of sp³-hybridized carbons (Fsp3) is 0.452. The average molecular weight is 663 g/mol. The summed E-state index contributed by atoms with van der Waals surface area (Å²) in [6.45, 7) is 2.78. The number of carbonyl (C=O) groups excluding carboxylic acids is 2. The Labute approximate surface area is 265 Å². The molecule has 5 rings (SSSR count). The van der Waals surface area contributed by atoms with Crippen molar-refractivity contribution in [2.45, 2.75) is 82.0 Å². The van der Waals surface area contributed by atoms with Crippen molar-refractivity contribution in [3.8, 4) is 28.6 Å². The minimum atomic E-state index is -1.91. The highest BCUT2D eigenvalue weighted by atomic mass is 16.7. The van der Waals surface area contributed by atoms with E-state index in [0.717, 1.165) is 26.0 Å². The molecule has 0 bridgehead atoms. The summed E-state index contributed by atoms with van der Waals surface area (Å²) in [6.07, 6.45) is -16.0. The van der Waals surface area contributed by atoms with Crippen LogP contribution in [0.2, 0.25) is 0 Å². The molecule has 0 radical (unpaired) electrons. The van der Waals surface area contributed by atoms with Crippen molar-refractivity contribution < 1.29 is 73.4 Å². The monoisotopic (exact) mass is 662 g/mol. The maximum atomic E-state index is 13.3. The molecule has 10 unspecified atom stereocenters. The summed E-state index contributed by atoms with van der Waals surface area (Å²) < 4.78 is 34.1. The largest absolute Gasteiger partial charge is 0.508 e. The Balaban J connectivity index is 1.62. The van der Waals surface area contributed by atoms with Crippen LogP contribution in [-0.2, 0) is 33.3 Å². The Morgan fingerprint density at radius 2 is 1.47 bits per heavy atom. The van der Waals surface area contributed by atoms with Gasteiger partial charge in [0.05, 0.1) is 18.3 Å². The predicted octanol–water partition coefficient (Wildman–Crippen LogP) is 0.0851. The highest BCUT2D eigenvalue weighted by Crippen LogP contribution is 2.45. The van der Waals surface area contributed by atoms with Crippen LogP contribution in [0.1, 0.15) is 32.4 Å². The Kier molecular flexibility index (Phi) is 9.74. The fourth-order valence-corrected chi connectivity index (χ4v) is 5.78. The molecule has 7 N–H and O–H groups in total. The van der Waals surface area contributed by atoms with Gasteiger partial charge in [-0.15, -0.1) is 0 Å². The first-order valence-corrected chi connectivity index (χ1v) is 14.5. The van der Waals surface area contributed by atoms with E-state index in [-0.39, 0.29) is 17.1 Å². The molecular weight excluding hydrogens is 628 g/mol. The topological polar surface area (TPSA) is 252 Å². The van der Waals surface area contributed by atoms with Crippen LogP contribution in [-0.4, -0.2) is 109 Å². The first kappa shape index (κ1) is 34.1. The van der Waals surface area contributed by atoms with E-state index >= 15 is 0 Å². The van der Waals surface area contributed by atoms with Gasteiger partial charge in [-0.25, -0.2) is 0 Å². The van der Waals surface area contributed by atoms with Gasteiger partial charge >= 0.3 is 11.9 Å². The van der Waals surface area contributed by atoms with Crippen LogP contribution in [0.5, 0.6) is 17.2 Å². The molecule has 10 atom stereocenters. The van der Waals surface area contributed by atoms with Crippen LogP contribution in [0.25, 0.3) is 22.3 Å². The second kappa shape index (κ2) is 13.4. The minimum Gasteiger partial charge on any atom is -0.508 e. The molecule has 0 aliphatic carbocycles. The number of phenols is 3. The third-order valence-corrected chi connectivity index (χ3v) is 7.95. The number of phenolic OH excluding ortho intramolecular Hbond substituents is 3. The summed E-state index contributed by atoms with van der Waals surface area (Å²) in [7, 11) is 0. The maximum Gasteiger partial charge on any atom is 0.303 e. The lowest BCUT2D eigenvalue weighted by molar-refractivity contribution is -0.339. The maximum absolute atomic E-state index is 13.3. The summed E-state index contributed by atoms with van der Waals surface area (Å²) in [5, 5.41) is 74.3. The lowest BCUT2D eigenvalue weighted by Crippen LogP contribution is -2.63. The van der Waals surface area contributed by atoms with Gasteiger partial charge in [-0.2, -0.15) is 0 Å². The SMILES string of the molecule is CC(=O)OC1C(C)OC(OC2C(c3c(O)cc(O)c4c(=O)cc(-c5ccc(O)cc5)oc34)OC(CO)C(O)C2O)C(O)C1OC(C)=O. The smallest absolute Gasteiger partial charge is 0.303 e. The zero-order valence-electron chi connectivity index (χ0n) is 25.2. The highest BCUT2D eigenvalue weighted by molar-refractivity contribution is 5.89. The van der Waals surface area contributed by atoms with Crippen molar-refractivity contribution in [3.63, 3.8) is 0 Å². The van der Waals surface area contributed by atoms with Gasteiger partial charge in [-0.3, -0.25) is 14.4 Å². The molecule has 2 saturated heterocycles. The number of aromatic hydroxyl groups is 3. The predicted molar refractivity (Wildman–Crippen MR) is 156 cm³/mol. The van der Waals surface area contributed by atoms with E-state index in [4.69, 9.17) is 28.1 Å². The fourth-order valence-electron chi connectivity index (χ4n) is 5.78. The average Bonchev–Trinajstić information content (AvgIpc) is 3.00. The summed E-state index contributed by atoms with van der Waals surface area (Å²) in [6, 6.07) is 7.46. The summed E-state index contributed by atoms with van der Waals surface area (Å²) >= 11 is 0. The van der Waals surface area contributed by atoms with Crippen molar-refractivity contribution in [1.29, 1.82) is 0 Å². The molecule has 3 aromatic rings. The Morgan fingerprint density at radius 3 is 2.09 bits per heavy atom. The van der Waals surface area contributed by atoms with Gasteiger partial charge in [0.1, 0.15) is 65.0 Å². The van der Waals surface area contributed by atoms with E-state index < -0.39 is 108 Å². The van der Waals surface area contributed by atoms with Crippen LogP contribution < -0.4 is 5.43 Å². The third-order valence-electron chi connectivity index (χ3n) is 7.95. The van der Waals surface area contributed by atoms with Gasteiger partial charge in [-0.1, -0.05) is 0 Å². The molecule has 2 aliphatic heterocycles. The minimum absolute atomic E-state index is 0.0538. The molecule has 2 aromatic carbocycles. The molecule has 254 valence electrons. The van der Waals surface area contributed by atoms with Gasteiger partial charge in [0.15, 0.2) is 29.5 Å². The molecule has 47 heavy (non-hydrogen) atoms. The summed E-state index contributed by atoms with van der Waals surface area (Å²) in [5.41, 5.74) is -1.19. The second-order valence-electron chi connectivity index (χ2n) is 11.3. The van der Waals surface area contributed by atoms with Crippen LogP contribution in [0.15, 0.2) is 45.6 Å². The van der Waals surface area contributed by atoms with Crippen molar-refractivity contribution >= 4 is 22.9 Å². The Bertz CT molecular complexity index is 1690. The number of hydrogen-bond donors (Lipinski definition) is 7. The third kappa shape index (κ3) is 6.62. The van der Waals surface area contributed by atoms with Gasteiger partial charge < -0.3 is 63.8 Å². The number of aliphatic hydroxyl groups is 4. The number of hydrogen-bond acceptors (Lipinski definition) is 16. The van der Waals surface area contributed by atoms with Gasteiger partial charge in [0, 0.05) is 31.5 Å². The van der Waals surface area contributed by atoms with E-state index in [1.54, 1.807) is 0 Å². The molecular formula is C31H34O16. The molecule has 2 aliphatic rings. The van der Waals surface area contributed by atoms with Crippen LogP contribution in [0.3, 0.4) is 0 Å².